The Kier molecular flexibility index (Phi) is 40.2. The highest BCUT2D eigenvalue weighted by Gasteiger charge is 2.21. The van der Waals surface area contributed by atoms with Crippen LogP contribution >= 0.6 is 0 Å². The number of hydrogen-bond donors (Lipinski definition) is 3. The Balaban J connectivity index is 4.70. The molecule has 6 heteroatoms. The monoisotopic (exact) mass is 731 g/mol. The van der Waals surface area contributed by atoms with Crippen LogP contribution in [0.25, 0.3) is 0 Å². The van der Waals surface area contributed by atoms with Gasteiger partial charge in [0.2, 0.25) is 0 Å². The molecule has 52 heavy (non-hydrogen) atoms. The van der Waals surface area contributed by atoms with Gasteiger partial charge in [0.25, 0.3) is 0 Å². The molecule has 6 nitrogen and oxygen atoms in total. The number of amides is 4. The molecule has 0 heterocycles. The molecule has 0 radical (unpaired) electrons. The van der Waals surface area contributed by atoms with E-state index in [9.17, 15) is 9.59 Å². The molecule has 0 spiro atoms. The third-order valence-corrected chi connectivity index (χ3v) is 10.2. The first-order chi connectivity index (χ1) is 25.6. The molecule has 4 amide bonds. The zero-order valence-electron chi connectivity index (χ0n) is 35.4. The molecule has 0 bridgehead atoms. The topological polar surface area (TPSA) is 73.5 Å². The van der Waals surface area contributed by atoms with Crippen molar-refractivity contribution in [2.75, 3.05) is 26.2 Å². The zero-order chi connectivity index (χ0) is 38.0. The second-order valence-electron chi connectivity index (χ2n) is 15.4. The largest absolute Gasteiger partial charge is 0.338 e. The molecular formula is C46H90N4O2. The van der Waals surface area contributed by atoms with Crippen LogP contribution in [-0.4, -0.2) is 49.2 Å². The maximum absolute atomic E-state index is 13.6. The van der Waals surface area contributed by atoms with Gasteiger partial charge in [-0.3, -0.25) is 0 Å². The lowest BCUT2D eigenvalue weighted by Gasteiger charge is -2.30. The van der Waals surface area contributed by atoms with Crippen molar-refractivity contribution >= 4 is 12.1 Å². The molecule has 0 aliphatic heterocycles. The Hall–Kier alpha value is -1.98. The number of rotatable bonds is 39. The molecule has 0 fully saturated rings. The third-order valence-electron chi connectivity index (χ3n) is 10.2. The van der Waals surface area contributed by atoms with E-state index in [2.05, 4.69) is 72.8 Å². The van der Waals surface area contributed by atoms with E-state index in [0.717, 1.165) is 64.7 Å². The van der Waals surface area contributed by atoms with E-state index < -0.39 is 0 Å². The first kappa shape index (κ1) is 50.0. The molecule has 0 aromatic heterocycles. The van der Waals surface area contributed by atoms with E-state index in [1.165, 1.54) is 161 Å². The van der Waals surface area contributed by atoms with Crippen LogP contribution in [0, 0.1) is 0 Å². The van der Waals surface area contributed by atoms with Gasteiger partial charge in [0.15, 0.2) is 0 Å². The van der Waals surface area contributed by atoms with Gasteiger partial charge < -0.3 is 20.9 Å². The smallest absolute Gasteiger partial charge is 0.317 e. The fourth-order valence-electron chi connectivity index (χ4n) is 6.78. The lowest BCUT2D eigenvalue weighted by molar-refractivity contribution is 0.180. The maximum Gasteiger partial charge on any atom is 0.317 e. The van der Waals surface area contributed by atoms with Crippen molar-refractivity contribution < 1.29 is 9.59 Å². The summed E-state index contributed by atoms with van der Waals surface area (Å²) >= 11 is 0. The fourth-order valence-corrected chi connectivity index (χ4v) is 6.78. The Labute approximate surface area is 325 Å². The van der Waals surface area contributed by atoms with E-state index in [0.29, 0.717) is 0 Å². The summed E-state index contributed by atoms with van der Waals surface area (Å²) in [5, 5.41) is 9.10. The van der Waals surface area contributed by atoms with Crippen LogP contribution < -0.4 is 16.0 Å². The maximum atomic E-state index is 13.6. The summed E-state index contributed by atoms with van der Waals surface area (Å²) in [5.41, 5.74) is 0. The molecule has 0 aromatic rings. The van der Waals surface area contributed by atoms with Crippen molar-refractivity contribution in [3.8, 4) is 0 Å². The summed E-state index contributed by atoms with van der Waals surface area (Å²) in [7, 11) is 0. The molecule has 306 valence electrons. The molecule has 0 aliphatic carbocycles. The Morgan fingerprint density at radius 2 is 0.865 bits per heavy atom. The molecule has 3 N–H and O–H groups in total. The minimum absolute atomic E-state index is 0.0384. The van der Waals surface area contributed by atoms with Gasteiger partial charge in [-0.2, -0.15) is 0 Å². The first-order valence-electron chi connectivity index (χ1n) is 23.0. The van der Waals surface area contributed by atoms with Gasteiger partial charge in [-0.1, -0.05) is 180 Å². The van der Waals surface area contributed by atoms with Gasteiger partial charge in [-0.15, -0.1) is 0 Å². The second-order valence-corrected chi connectivity index (χ2v) is 15.4. The zero-order valence-corrected chi connectivity index (χ0v) is 35.4. The standard InChI is InChI=1S/C46H90N4O2/c1-5-9-12-14-15-16-17-18-19-20-21-22-25-28-32-37-43-50(46(52)49-42-35-11-7-3)44(38-33-29-13-10-6-2)39-34-30-26-23-24-27-31-36-41-48-45(51)47-40-8-4/h18-19,34,39,44H,5-17,20-33,35-38,40-43H2,1-4H3,(H,49,52)(H2,47,48,51)/b19-18-,39-34-. The van der Waals surface area contributed by atoms with Crippen molar-refractivity contribution in [1.29, 1.82) is 0 Å². The quantitative estimate of drug-likeness (QED) is 0.0435. The number of carbonyl (C=O) groups excluding carboxylic acids is 2. The number of hydrogen-bond acceptors (Lipinski definition) is 2. The summed E-state index contributed by atoms with van der Waals surface area (Å²) in [4.78, 5) is 27.4. The Morgan fingerprint density at radius 3 is 1.44 bits per heavy atom. The molecule has 0 rings (SSSR count). The number of nitrogens with zero attached hydrogens (tertiary/aromatic N) is 1. The average molecular weight is 731 g/mol. The molecule has 1 atom stereocenters. The van der Waals surface area contributed by atoms with Crippen LogP contribution in [0.5, 0.6) is 0 Å². The highest BCUT2D eigenvalue weighted by atomic mass is 16.2. The van der Waals surface area contributed by atoms with Crippen LogP contribution in [0.3, 0.4) is 0 Å². The Bertz CT molecular complexity index is 814. The van der Waals surface area contributed by atoms with Gasteiger partial charge in [-0.05, 0) is 70.6 Å². The highest BCUT2D eigenvalue weighted by Crippen LogP contribution is 2.17. The van der Waals surface area contributed by atoms with Gasteiger partial charge in [0.1, 0.15) is 0 Å². The van der Waals surface area contributed by atoms with E-state index in [1.54, 1.807) is 0 Å². The van der Waals surface area contributed by atoms with Crippen LogP contribution in [0.15, 0.2) is 24.3 Å². The van der Waals surface area contributed by atoms with E-state index in [-0.39, 0.29) is 18.1 Å². The minimum atomic E-state index is -0.0384. The number of allylic oxidation sites excluding steroid dienone is 3. The Morgan fingerprint density at radius 1 is 0.442 bits per heavy atom. The second kappa shape index (κ2) is 41.8. The highest BCUT2D eigenvalue weighted by molar-refractivity contribution is 5.74. The predicted molar refractivity (Wildman–Crippen MR) is 229 cm³/mol. The van der Waals surface area contributed by atoms with Gasteiger partial charge >= 0.3 is 12.1 Å². The number of carbonyl (C=O) groups is 2. The molecule has 0 saturated heterocycles. The molecule has 0 aromatic carbocycles. The average Bonchev–Trinajstić information content (AvgIpc) is 3.15. The first-order valence-corrected chi connectivity index (χ1v) is 23.0. The minimum Gasteiger partial charge on any atom is -0.338 e. The van der Waals surface area contributed by atoms with Crippen LogP contribution in [0.1, 0.15) is 227 Å². The summed E-state index contributed by atoms with van der Waals surface area (Å²) in [6.07, 6.45) is 47.9. The van der Waals surface area contributed by atoms with Gasteiger partial charge in [0, 0.05) is 26.2 Å². The van der Waals surface area contributed by atoms with Gasteiger partial charge in [-0.25, -0.2) is 9.59 Å². The van der Waals surface area contributed by atoms with Crippen LogP contribution in [-0.2, 0) is 0 Å². The van der Waals surface area contributed by atoms with E-state index >= 15 is 0 Å². The molecule has 0 saturated carbocycles. The molecular weight excluding hydrogens is 641 g/mol. The van der Waals surface area contributed by atoms with E-state index in [1.807, 2.05) is 0 Å². The summed E-state index contributed by atoms with van der Waals surface area (Å²) in [5.74, 6) is 0. The lowest BCUT2D eigenvalue weighted by Crippen LogP contribution is -2.46. The van der Waals surface area contributed by atoms with Crippen molar-refractivity contribution in [2.24, 2.45) is 0 Å². The van der Waals surface area contributed by atoms with Crippen molar-refractivity contribution in [3.63, 3.8) is 0 Å². The van der Waals surface area contributed by atoms with Gasteiger partial charge in [0.05, 0.1) is 6.04 Å². The molecule has 1 unspecified atom stereocenters. The van der Waals surface area contributed by atoms with E-state index in [4.69, 9.17) is 0 Å². The number of nitrogens with one attached hydrogen (secondary N) is 3. The van der Waals surface area contributed by atoms with Crippen molar-refractivity contribution in [3.05, 3.63) is 24.3 Å². The predicted octanol–water partition coefficient (Wildman–Crippen LogP) is 14.0. The number of unbranched alkanes of at least 4 members (excludes halogenated alkanes) is 24. The molecule has 0 aliphatic rings. The normalized spacial score (nSPS) is 12.2. The van der Waals surface area contributed by atoms with Crippen molar-refractivity contribution in [2.45, 2.75) is 233 Å². The summed E-state index contributed by atoms with van der Waals surface area (Å²) < 4.78 is 0. The SMILES string of the molecule is CCCCCCCC/C=C\CCCCCCCCN(C(=O)NCCCCC)C(/C=C\CCCCCCCCNC(=O)NCCC)CCCCCCC. The number of urea groups is 2. The van der Waals surface area contributed by atoms with Crippen LogP contribution in [0.2, 0.25) is 0 Å². The van der Waals surface area contributed by atoms with Crippen molar-refractivity contribution in [1.82, 2.24) is 20.9 Å². The summed E-state index contributed by atoms with van der Waals surface area (Å²) in [6.45, 7) is 12.0. The lowest BCUT2D eigenvalue weighted by atomic mass is 10.0. The fraction of sp³-hybridized carbons (Fsp3) is 0.870. The summed E-state index contributed by atoms with van der Waals surface area (Å²) in [6, 6.07) is 0.297. The van der Waals surface area contributed by atoms with Crippen LogP contribution in [0.4, 0.5) is 9.59 Å². The third kappa shape index (κ3) is 35.1.